The number of carbonyl (C=O) groups excluding carboxylic acids is 2. The van der Waals surface area contributed by atoms with E-state index >= 15 is 0 Å². The summed E-state index contributed by atoms with van der Waals surface area (Å²) in [5, 5.41) is 3.39. The number of nitrogens with zero attached hydrogens (tertiary/aromatic N) is 1. The molecule has 0 aliphatic rings. The average Bonchev–Trinajstić information content (AvgIpc) is 3.24. The van der Waals surface area contributed by atoms with Gasteiger partial charge in [0.25, 0.3) is 11.8 Å². The molecule has 0 bridgehead atoms. The van der Waals surface area contributed by atoms with Crippen molar-refractivity contribution in [2.24, 2.45) is 0 Å². The van der Waals surface area contributed by atoms with Crippen molar-refractivity contribution in [1.82, 2.24) is 5.32 Å². The molecule has 29 heavy (non-hydrogen) atoms. The third-order valence-electron chi connectivity index (χ3n) is 4.15. The molecule has 0 aliphatic heterocycles. The first-order valence-electron chi connectivity index (χ1n) is 8.70. The summed E-state index contributed by atoms with van der Waals surface area (Å²) >= 11 is 12.1. The maximum atomic E-state index is 12.6. The molecule has 0 radical (unpaired) electrons. The SMILES string of the molecule is CN(C(=O)COc1c(Cl)cccc1Cl)c1ccccc1C(=O)NCc1ccco1. The number of amides is 2. The van der Waals surface area contributed by atoms with Crippen molar-refractivity contribution in [2.45, 2.75) is 6.54 Å². The molecule has 6 nitrogen and oxygen atoms in total. The fourth-order valence-electron chi connectivity index (χ4n) is 2.62. The molecule has 0 atom stereocenters. The molecule has 0 spiro atoms. The van der Waals surface area contributed by atoms with Crippen LogP contribution in [-0.2, 0) is 11.3 Å². The number of para-hydroxylation sites is 2. The van der Waals surface area contributed by atoms with Crippen molar-refractivity contribution in [3.8, 4) is 5.75 Å². The van der Waals surface area contributed by atoms with Crippen LogP contribution in [0.1, 0.15) is 16.1 Å². The van der Waals surface area contributed by atoms with Crippen molar-refractivity contribution in [1.29, 1.82) is 0 Å². The fourth-order valence-corrected chi connectivity index (χ4v) is 3.13. The quantitative estimate of drug-likeness (QED) is 0.593. The minimum Gasteiger partial charge on any atom is -0.481 e. The van der Waals surface area contributed by atoms with Crippen LogP contribution < -0.4 is 15.0 Å². The maximum absolute atomic E-state index is 12.6. The predicted octanol–water partition coefficient (Wildman–Crippen LogP) is 4.56. The Kier molecular flexibility index (Phi) is 6.80. The fraction of sp³-hybridized carbons (Fsp3) is 0.143. The number of hydrogen-bond donors (Lipinski definition) is 1. The number of halogens is 2. The Morgan fingerprint density at radius 2 is 1.76 bits per heavy atom. The Morgan fingerprint density at radius 1 is 1.03 bits per heavy atom. The minimum atomic E-state index is -0.368. The van der Waals surface area contributed by atoms with Gasteiger partial charge in [-0.25, -0.2) is 0 Å². The second-order valence-electron chi connectivity index (χ2n) is 6.07. The van der Waals surface area contributed by atoms with E-state index in [9.17, 15) is 9.59 Å². The number of rotatable bonds is 7. The largest absolute Gasteiger partial charge is 0.481 e. The van der Waals surface area contributed by atoms with Gasteiger partial charge in [0.15, 0.2) is 12.4 Å². The van der Waals surface area contributed by atoms with Gasteiger partial charge in [-0.05, 0) is 36.4 Å². The van der Waals surface area contributed by atoms with Crippen LogP contribution in [0.15, 0.2) is 65.3 Å². The normalized spacial score (nSPS) is 10.4. The van der Waals surface area contributed by atoms with Gasteiger partial charge in [-0.15, -0.1) is 0 Å². The second-order valence-corrected chi connectivity index (χ2v) is 6.89. The Bertz CT molecular complexity index is 985. The van der Waals surface area contributed by atoms with Gasteiger partial charge in [0.2, 0.25) is 0 Å². The zero-order valence-electron chi connectivity index (χ0n) is 15.5. The van der Waals surface area contributed by atoms with Gasteiger partial charge in [0.1, 0.15) is 5.76 Å². The first kappa shape index (κ1) is 20.8. The summed E-state index contributed by atoms with van der Waals surface area (Å²) in [5.74, 6) is 0.173. The molecule has 0 unspecified atom stereocenters. The minimum absolute atomic E-state index is 0.238. The van der Waals surface area contributed by atoms with Gasteiger partial charge in [-0.2, -0.15) is 0 Å². The summed E-state index contributed by atoms with van der Waals surface area (Å²) in [6, 6.07) is 15.2. The molecule has 0 saturated carbocycles. The van der Waals surface area contributed by atoms with Crippen LogP contribution in [0.25, 0.3) is 0 Å². The molecule has 2 aromatic carbocycles. The molecular weight excluding hydrogens is 415 g/mol. The van der Waals surface area contributed by atoms with Crippen LogP contribution in [0.3, 0.4) is 0 Å². The molecule has 0 aliphatic carbocycles. The zero-order valence-corrected chi connectivity index (χ0v) is 17.0. The van der Waals surface area contributed by atoms with E-state index in [2.05, 4.69) is 5.32 Å². The van der Waals surface area contributed by atoms with E-state index < -0.39 is 0 Å². The molecular formula is C21H18Cl2N2O4. The Morgan fingerprint density at radius 3 is 2.45 bits per heavy atom. The van der Waals surface area contributed by atoms with E-state index in [0.717, 1.165) is 0 Å². The van der Waals surface area contributed by atoms with Crippen LogP contribution in [0, 0.1) is 0 Å². The Hall–Kier alpha value is -2.96. The molecule has 8 heteroatoms. The molecule has 1 heterocycles. The van der Waals surface area contributed by atoms with Gasteiger partial charge in [0.05, 0.1) is 34.1 Å². The molecule has 2 amide bonds. The van der Waals surface area contributed by atoms with Gasteiger partial charge in [-0.1, -0.05) is 41.4 Å². The average molecular weight is 433 g/mol. The second kappa shape index (κ2) is 9.49. The van der Waals surface area contributed by atoms with Crippen molar-refractivity contribution in [3.05, 3.63) is 82.2 Å². The molecule has 1 N–H and O–H groups in total. The van der Waals surface area contributed by atoms with Crippen molar-refractivity contribution < 1.29 is 18.7 Å². The Labute approximate surface area is 178 Å². The van der Waals surface area contributed by atoms with E-state index in [0.29, 0.717) is 27.1 Å². The molecule has 150 valence electrons. The lowest BCUT2D eigenvalue weighted by Crippen LogP contribution is -2.33. The Balaban J connectivity index is 1.69. The number of ether oxygens (including phenoxy) is 1. The van der Waals surface area contributed by atoms with Crippen LogP contribution >= 0.6 is 23.2 Å². The van der Waals surface area contributed by atoms with E-state index in [1.54, 1.807) is 61.6 Å². The predicted molar refractivity (Wildman–Crippen MR) is 112 cm³/mol. The van der Waals surface area contributed by atoms with Crippen LogP contribution in [0.4, 0.5) is 5.69 Å². The van der Waals surface area contributed by atoms with Crippen molar-refractivity contribution in [2.75, 3.05) is 18.6 Å². The van der Waals surface area contributed by atoms with Crippen LogP contribution in [-0.4, -0.2) is 25.5 Å². The highest BCUT2D eigenvalue weighted by atomic mass is 35.5. The number of furan rings is 1. The van der Waals surface area contributed by atoms with Gasteiger partial charge < -0.3 is 19.4 Å². The maximum Gasteiger partial charge on any atom is 0.264 e. The van der Waals surface area contributed by atoms with Gasteiger partial charge in [-0.3, -0.25) is 9.59 Å². The highest BCUT2D eigenvalue weighted by Gasteiger charge is 2.19. The standard InChI is InChI=1S/C21H18Cl2N2O4/c1-25(19(26)13-29-20-16(22)8-4-9-17(20)23)18-10-3-2-7-15(18)21(27)24-12-14-6-5-11-28-14/h2-11H,12-13H2,1H3,(H,24,27). The monoisotopic (exact) mass is 432 g/mol. The highest BCUT2D eigenvalue weighted by Crippen LogP contribution is 2.32. The topological polar surface area (TPSA) is 71.8 Å². The summed E-state index contributed by atoms with van der Waals surface area (Å²) in [4.78, 5) is 26.6. The van der Waals surface area contributed by atoms with Gasteiger partial charge in [0, 0.05) is 7.05 Å². The van der Waals surface area contributed by atoms with E-state index in [-0.39, 0.29) is 30.7 Å². The summed E-state index contributed by atoms with van der Waals surface area (Å²) < 4.78 is 10.7. The number of hydrogen-bond acceptors (Lipinski definition) is 4. The first-order chi connectivity index (χ1) is 14.0. The number of nitrogens with one attached hydrogen (secondary N) is 1. The van der Waals surface area contributed by atoms with E-state index in [4.69, 9.17) is 32.4 Å². The lowest BCUT2D eigenvalue weighted by atomic mass is 10.1. The number of anilines is 1. The smallest absolute Gasteiger partial charge is 0.264 e. The number of likely N-dealkylation sites (N-methyl/N-ethyl adjacent to an activating group) is 1. The summed E-state index contributed by atoms with van der Waals surface area (Å²) in [5.41, 5.74) is 0.800. The van der Waals surface area contributed by atoms with E-state index in [1.165, 1.54) is 11.2 Å². The third kappa shape index (κ3) is 5.10. The number of carbonyl (C=O) groups is 2. The summed E-state index contributed by atoms with van der Waals surface area (Å²) in [6.07, 6.45) is 1.53. The van der Waals surface area contributed by atoms with E-state index in [1.807, 2.05) is 0 Å². The van der Waals surface area contributed by atoms with Crippen LogP contribution in [0.5, 0.6) is 5.75 Å². The van der Waals surface area contributed by atoms with Crippen molar-refractivity contribution >= 4 is 40.7 Å². The molecule has 0 saturated heterocycles. The third-order valence-corrected chi connectivity index (χ3v) is 4.74. The number of benzene rings is 2. The zero-order chi connectivity index (χ0) is 20.8. The lowest BCUT2D eigenvalue weighted by molar-refractivity contribution is -0.120. The van der Waals surface area contributed by atoms with Crippen molar-refractivity contribution in [3.63, 3.8) is 0 Å². The highest BCUT2D eigenvalue weighted by molar-refractivity contribution is 6.37. The van der Waals surface area contributed by atoms with Gasteiger partial charge >= 0.3 is 0 Å². The summed E-state index contributed by atoms with van der Waals surface area (Å²) in [6.45, 7) is -0.0474. The van der Waals surface area contributed by atoms with Crippen LogP contribution in [0.2, 0.25) is 10.0 Å². The summed E-state index contributed by atoms with van der Waals surface area (Å²) in [7, 11) is 1.57. The molecule has 0 fully saturated rings. The molecule has 1 aromatic heterocycles. The lowest BCUT2D eigenvalue weighted by Gasteiger charge is -2.21. The first-order valence-corrected chi connectivity index (χ1v) is 9.46. The molecule has 3 rings (SSSR count). The molecule has 3 aromatic rings.